The van der Waals surface area contributed by atoms with Crippen LogP contribution in [0.3, 0.4) is 0 Å². The van der Waals surface area contributed by atoms with E-state index in [9.17, 15) is 0 Å². The molecule has 12 heavy (non-hydrogen) atoms. The Morgan fingerprint density at radius 3 is 2.67 bits per heavy atom. The quantitative estimate of drug-likeness (QED) is 0.575. The average molecular weight is 157 g/mol. The average Bonchev–Trinajstić information content (AvgIpc) is 2.05. The number of hydrogen-bond acceptors (Lipinski definition) is 1. The minimum atomic E-state index is 1.02. The molecule has 0 amide bonds. The number of aryl methyl sites for hydroxylation is 1. The predicted octanol–water partition coefficient (Wildman–Crippen LogP) is 2.92. The van der Waals surface area contributed by atoms with E-state index in [2.05, 4.69) is 0 Å². The molecular weight excluding hydrogens is 146 g/mol. The van der Waals surface area contributed by atoms with E-state index in [1.165, 1.54) is 5.56 Å². The molecule has 0 unspecified atom stereocenters. The third-order valence-electron chi connectivity index (χ3n) is 1.85. The van der Waals surface area contributed by atoms with Gasteiger partial charge in [-0.25, -0.2) is 0 Å². The van der Waals surface area contributed by atoms with E-state index in [-0.39, 0.29) is 0 Å². The summed E-state index contributed by atoms with van der Waals surface area (Å²) in [6.07, 6.45) is 1.57. The van der Waals surface area contributed by atoms with Crippen molar-refractivity contribution in [3.63, 3.8) is 0 Å². The van der Waals surface area contributed by atoms with Gasteiger partial charge in [0.05, 0.1) is 6.07 Å². The third-order valence-corrected chi connectivity index (χ3v) is 1.85. The van der Waals surface area contributed by atoms with Gasteiger partial charge in [-0.1, -0.05) is 24.3 Å². The fraction of sp³-hybridized carbons (Fsp3) is 0.182. The van der Waals surface area contributed by atoms with Gasteiger partial charge < -0.3 is 0 Å². The fourth-order valence-corrected chi connectivity index (χ4v) is 1.19. The van der Waals surface area contributed by atoms with Crippen LogP contribution in [-0.4, -0.2) is 0 Å². The summed E-state index contributed by atoms with van der Waals surface area (Å²) in [4.78, 5) is 0. The van der Waals surface area contributed by atoms with E-state index in [0.29, 0.717) is 0 Å². The van der Waals surface area contributed by atoms with E-state index < -0.39 is 0 Å². The van der Waals surface area contributed by atoms with Crippen LogP contribution in [0.4, 0.5) is 0 Å². The first kappa shape index (κ1) is 8.55. The van der Waals surface area contributed by atoms with Crippen LogP contribution >= 0.6 is 0 Å². The van der Waals surface area contributed by atoms with Gasteiger partial charge in [-0.15, -0.1) is 0 Å². The highest BCUT2D eigenvalue weighted by Gasteiger charge is 1.97. The molecule has 0 saturated heterocycles. The van der Waals surface area contributed by atoms with Gasteiger partial charge in [0.1, 0.15) is 0 Å². The molecule has 1 aromatic carbocycles. The van der Waals surface area contributed by atoms with Crippen molar-refractivity contribution < 1.29 is 0 Å². The highest BCUT2D eigenvalue weighted by Crippen LogP contribution is 2.16. The first-order valence-corrected chi connectivity index (χ1v) is 3.88. The standard InChI is InChI=1S/C11H11N/c1-9-5-3-4-6-11(9)10(2)7-8-12/h3-7H,1-2H3/b10-7-. The lowest BCUT2D eigenvalue weighted by molar-refractivity contribution is 1.41. The third kappa shape index (κ3) is 1.73. The maximum absolute atomic E-state index is 8.46. The topological polar surface area (TPSA) is 23.8 Å². The Kier molecular flexibility index (Phi) is 2.66. The zero-order chi connectivity index (χ0) is 8.97. The molecule has 0 aromatic heterocycles. The van der Waals surface area contributed by atoms with Gasteiger partial charge in [-0.3, -0.25) is 0 Å². The molecule has 1 heteroatoms. The van der Waals surface area contributed by atoms with Crippen molar-refractivity contribution in [1.29, 1.82) is 5.26 Å². The molecule has 0 aliphatic carbocycles. The molecule has 0 atom stereocenters. The highest BCUT2D eigenvalue weighted by atomic mass is 14.2. The molecule has 0 N–H and O–H groups in total. The smallest absolute Gasteiger partial charge is 0.0915 e. The Balaban J connectivity index is 3.13. The van der Waals surface area contributed by atoms with Crippen LogP contribution in [0.25, 0.3) is 5.57 Å². The van der Waals surface area contributed by atoms with Gasteiger partial charge >= 0.3 is 0 Å². The summed E-state index contributed by atoms with van der Waals surface area (Å²) >= 11 is 0. The maximum Gasteiger partial charge on any atom is 0.0915 e. The van der Waals surface area contributed by atoms with Crippen LogP contribution in [0, 0.1) is 18.3 Å². The lowest BCUT2D eigenvalue weighted by Crippen LogP contribution is -1.83. The first-order valence-electron chi connectivity index (χ1n) is 3.88. The van der Waals surface area contributed by atoms with Crippen LogP contribution in [0.15, 0.2) is 30.3 Å². The van der Waals surface area contributed by atoms with E-state index in [0.717, 1.165) is 11.1 Å². The Bertz CT molecular complexity index is 342. The molecule has 0 aliphatic rings. The van der Waals surface area contributed by atoms with Crippen molar-refractivity contribution >= 4 is 5.57 Å². The van der Waals surface area contributed by atoms with Crippen LogP contribution in [0.5, 0.6) is 0 Å². The van der Waals surface area contributed by atoms with Crippen molar-refractivity contribution in [3.05, 3.63) is 41.5 Å². The molecule has 0 radical (unpaired) electrons. The molecule has 0 spiro atoms. The van der Waals surface area contributed by atoms with E-state index >= 15 is 0 Å². The lowest BCUT2D eigenvalue weighted by atomic mass is 10.0. The largest absolute Gasteiger partial charge is 0.193 e. The fourth-order valence-electron chi connectivity index (χ4n) is 1.19. The van der Waals surface area contributed by atoms with E-state index in [4.69, 9.17) is 5.26 Å². The summed E-state index contributed by atoms with van der Waals surface area (Å²) in [6, 6.07) is 10.1. The molecule has 1 aromatic rings. The molecule has 1 nitrogen and oxygen atoms in total. The summed E-state index contributed by atoms with van der Waals surface area (Å²) < 4.78 is 0. The van der Waals surface area contributed by atoms with Gasteiger partial charge in [-0.2, -0.15) is 5.26 Å². The summed E-state index contributed by atoms with van der Waals surface area (Å²) in [7, 11) is 0. The summed E-state index contributed by atoms with van der Waals surface area (Å²) in [5.41, 5.74) is 3.39. The second kappa shape index (κ2) is 3.73. The Morgan fingerprint density at radius 2 is 2.08 bits per heavy atom. The molecule has 1 rings (SSSR count). The molecular formula is C11H11N. The number of nitriles is 1. The van der Waals surface area contributed by atoms with Gasteiger partial charge in [0, 0.05) is 6.08 Å². The van der Waals surface area contributed by atoms with E-state index in [1.807, 2.05) is 44.2 Å². The van der Waals surface area contributed by atoms with Crippen molar-refractivity contribution in [3.8, 4) is 6.07 Å². The second-order valence-corrected chi connectivity index (χ2v) is 2.77. The minimum Gasteiger partial charge on any atom is -0.193 e. The van der Waals surface area contributed by atoms with E-state index in [1.54, 1.807) is 6.08 Å². The van der Waals surface area contributed by atoms with Crippen molar-refractivity contribution in [2.75, 3.05) is 0 Å². The Labute approximate surface area is 73.0 Å². The summed E-state index contributed by atoms with van der Waals surface area (Å²) in [5, 5.41) is 8.46. The van der Waals surface area contributed by atoms with Gasteiger partial charge in [0.15, 0.2) is 0 Å². The van der Waals surface area contributed by atoms with Crippen LogP contribution in [0.2, 0.25) is 0 Å². The molecule has 0 aliphatic heterocycles. The SMILES string of the molecule is C/C(=C/C#N)c1ccccc1C. The molecule has 0 heterocycles. The van der Waals surface area contributed by atoms with Gasteiger partial charge in [-0.05, 0) is 30.5 Å². The summed E-state index contributed by atoms with van der Waals surface area (Å²) in [5.74, 6) is 0. The minimum absolute atomic E-state index is 1.02. The van der Waals surface area contributed by atoms with Crippen LogP contribution in [0.1, 0.15) is 18.1 Å². The first-order chi connectivity index (χ1) is 5.75. The van der Waals surface area contributed by atoms with Crippen molar-refractivity contribution in [1.82, 2.24) is 0 Å². The summed E-state index contributed by atoms with van der Waals surface area (Å²) in [6.45, 7) is 4.00. The number of benzene rings is 1. The van der Waals surface area contributed by atoms with Crippen molar-refractivity contribution in [2.45, 2.75) is 13.8 Å². The van der Waals surface area contributed by atoms with Gasteiger partial charge in [0.2, 0.25) is 0 Å². The lowest BCUT2D eigenvalue weighted by Gasteiger charge is -2.02. The number of rotatable bonds is 1. The number of allylic oxidation sites excluding steroid dienone is 2. The number of nitrogens with zero attached hydrogens (tertiary/aromatic N) is 1. The normalized spacial score (nSPS) is 10.9. The Morgan fingerprint density at radius 1 is 1.42 bits per heavy atom. The zero-order valence-electron chi connectivity index (χ0n) is 7.33. The van der Waals surface area contributed by atoms with Crippen LogP contribution < -0.4 is 0 Å². The molecule has 0 fully saturated rings. The number of hydrogen-bond donors (Lipinski definition) is 0. The van der Waals surface area contributed by atoms with Crippen LogP contribution in [-0.2, 0) is 0 Å². The van der Waals surface area contributed by atoms with Crippen molar-refractivity contribution in [2.24, 2.45) is 0 Å². The maximum atomic E-state index is 8.46. The highest BCUT2D eigenvalue weighted by molar-refractivity contribution is 5.68. The Hall–Kier alpha value is -1.55. The molecule has 0 bridgehead atoms. The zero-order valence-corrected chi connectivity index (χ0v) is 7.33. The molecule has 0 saturated carbocycles. The predicted molar refractivity (Wildman–Crippen MR) is 50.4 cm³/mol. The second-order valence-electron chi connectivity index (χ2n) is 2.77. The monoisotopic (exact) mass is 157 g/mol. The molecule has 60 valence electrons. The van der Waals surface area contributed by atoms with Gasteiger partial charge in [0.25, 0.3) is 0 Å².